The second-order valence-electron chi connectivity index (χ2n) is 22.0. The molecule has 464 valence electrons. The summed E-state index contributed by atoms with van der Waals surface area (Å²) in [6.07, 6.45) is 98.5. The summed E-state index contributed by atoms with van der Waals surface area (Å²) in [6, 6.07) is 0. The number of ether oxygens (including phenoxy) is 3. The van der Waals surface area contributed by atoms with Gasteiger partial charge in [-0.05, 0) is 141 Å². The van der Waals surface area contributed by atoms with Crippen LogP contribution in [0.4, 0.5) is 0 Å². The maximum absolute atomic E-state index is 12.9. The van der Waals surface area contributed by atoms with E-state index < -0.39 is 6.10 Å². The third-order valence-electron chi connectivity index (χ3n) is 14.1. The number of rotatable bonds is 60. The predicted octanol–water partition coefficient (Wildman–Crippen LogP) is 23.5. The van der Waals surface area contributed by atoms with E-state index in [1.807, 2.05) is 0 Å². The molecule has 0 aliphatic heterocycles. The quantitative estimate of drug-likeness (QED) is 0.0261. The Morgan fingerprint density at radius 1 is 0.256 bits per heavy atom. The van der Waals surface area contributed by atoms with E-state index in [1.165, 1.54) is 96.3 Å². The van der Waals surface area contributed by atoms with Crippen molar-refractivity contribution in [1.82, 2.24) is 0 Å². The molecule has 0 aromatic rings. The van der Waals surface area contributed by atoms with Crippen LogP contribution in [0.1, 0.15) is 297 Å². The third kappa shape index (κ3) is 66.1. The van der Waals surface area contributed by atoms with Crippen molar-refractivity contribution in [2.45, 2.75) is 303 Å². The Morgan fingerprint density at radius 3 is 0.756 bits per heavy atom. The standard InChI is InChI=1S/C76H124O6/c1-4-7-10-13-16-19-22-25-28-31-33-35-37-38-40-41-43-45-48-51-54-57-60-63-66-69-75(78)81-72-73(71-80-74(77)68-65-62-59-56-53-50-47-30-27-24-21-18-15-12-9-6-3)82-76(79)70-67-64-61-58-55-52-49-46-44-42-39-36-34-32-29-26-23-20-17-14-11-8-5-2/h7-8,10-11,16-17,19-20,25-26,28-30,33-36,38,40,42,44,47,49,52,73H,4-6,9,12-15,18,21-24,27,31-32,37,39,41,43,45-46,48,50-51,53-72H2,1-3H3/b10-7-,11-8-,19-16-,20-17-,28-25-,29-26-,35-33-,36-34-,40-38-,44-42-,47-30-,52-49-. The lowest BCUT2D eigenvalue weighted by Gasteiger charge is -2.18. The molecule has 0 fully saturated rings. The highest BCUT2D eigenvalue weighted by Gasteiger charge is 2.19. The van der Waals surface area contributed by atoms with E-state index in [4.69, 9.17) is 14.2 Å². The Morgan fingerprint density at radius 2 is 0.476 bits per heavy atom. The molecule has 1 atom stereocenters. The van der Waals surface area contributed by atoms with Crippen molar-refractivity contribution in [3.05, 3.63) is 146 Å². The SMILES string of the molecule is CC/C=C\C/C=C\C/C=C\C/C=C\C/C=C\C/C=C\CCCCCCC(=O)OC(COC(=O)CCCCCCC/C=C\CCCCCCCCC)COC(=O)CCCCCCCCCCC/C=C\C/C=C\C/C=C\C/C=C\C/C=C\CC. The van der Waals surface area contributed by atoms with Gasteiger partial charge in [0, 0.05) is 19.3 Å². The van der Waals surface area contributed by atoms with Crippen LogP contribution in [0.2, 0.25) is 0 Å². The normalized spacial score (nSPS) is 13.1. The number of hydrogen-bond acceptors (Lipinski definition) is 6. The molecular weight excluding hydrogens is 1010 g/mol. The van der Waals surface area contributed by atoms with E-state index in [9.17, 15) is 14.4 Å². The van der Waals surface area contributed by atoms with Gasteiger partial charge in [-0.3, -0.25) is 14.4 Å². The number of unbranched alkanes of at least 4 members (excludes halogenated alkanes) is 25. The van der Waals surface area contributed by atoms with Gasteiger partial charge in [-0.1, -0.05) is 282 Å². The van der Waals surface area contributed by atoms with Crippen molar-refractivity contribution in [2.24, 2.45) is 0 Å². The number of carbonyl (C=O) groups excluding carboxylic acids is 3. The average molecular weight is 1130 g/mol. The molecule has 0 aliphatic carbocycles. The highest BCUT2D eigenvalue weighted by molar-refractivity contribution is 5.71. The molecule has 0 spiro atoms. The Labute approximate surface area is 506 Å². The first-order chi connectivity index (χ1) is 40.5. The van der Waals surface area contributed by atoms with Gasteiger partial charge in [0.2, 0.25) is 0 Å². The first-order valence-corrected chi connectivity index (χ1v) is 33.8. The highest BCUT2D eigenvalue weighted by Crippen LogP contribution is 2.15. The first-order valence-electron chi connectivity index (χ1n) is 33.8. The summed E-state index contributed by atoms with van der Waals surface area (Å²) >= 11 is 0. The molecule has 0 aromatic heterocycles. The molecule has 0 heterocycles. The molecular formula is C76H124O6. The van der Waals surface area contributed by atoms with E-state index in [2.05, 4.69) is 167 Å². The topological polar surface area (TPSA) is 78.9 Å². The molecule has 0 radical (unpaired) electrons. The van der Waals surface area contributed by atoms with E-state index in [0.29, 0.717) is 19.3 Å². The van der Waals surface area contributed by atoms with Gasteiger partial charge < -0.3 is 14.2 Å². The third-order valence-corrected chi connectivity index (χ3v) is 14.1. The summed E-state index contributed by atoms with van der Waals surface area (Å²) < 4.78 is 16.9. The molecule has 0 amide bonds. The zero-order valence-corrected chi connectivity index (χ0v) is 53.2. The van der Waals surface area contributed by atoms with E-state index in [0.717, 1.165) is 161 Å². The monoisotopic (exact) mass is 1130 g/mol. The molecule has 1 unspecified atom stereocenters. The molecule has 0 saturated carbocycles. The van der Waals surface area contributed by atoms with Crippen molar-refractivity contribution in [3.8, 4) is 0 Å². The van der Waals surface area contributed by atoms with Crippen molar-refractivity contribution < 1.29 is 28.6 Å². The van der Waals surface area contributed by atoms with Crippen LogP contribution in [0.15, 0.2) is 146 Å². The van der Waals surface area contributed by atoms with Crippen LogP contribution in [0.25, 0.3) is 0 Å². The molecule has 0 N–H and O–H groups in total. The minimum absolute atomic E-state index is 0.0988. The maximum Gasteiger partial charge on any atom is 0.306 e. The lowest BCUT2D eigenvalue weighted by atomic mass is 10.1. The zero-order chi connectivity index (χ0) is 59.2. The average Bonchev–Trinajstić information content (AvgIpc) is 3.47. The van der Waals surface area contributed by atoms with E-state index >= 15 is 0 Å². The minimum Gasteiger partial charge on any atom is -0.462 e. The lowest BCUT2D eigenvalue weighted by molar-refractivity contribution is -0.167. The fourth-order valence-corrected chi connectivity index (χ4v) is 9.06. The molecule has 0 aromatic carbocycles. The van der Waals surface area contributed by atoms with Gasteiger partial charge in [0.05, 0.1) is 0 Å². The van der Waals surface area contributed by atoms with Crippen LogP contribution in [0.5, 0.6) is 0 Å². The fourth-order valence-electron chi connectivity index (χ4n) is 9.06. The van der Waals surface area contributed by atoms with Gasteiger partial charge >= 0.3 is 17.9 Å². The number of hydrogen-bond donors (Lipinski definition) is 0. The Bertz CT molecular complexity index is 1780. The van der Waals surface area contributed by atoms with Crippen molar-refractivity contribution in [3.63, 3.8) is 0 Å². The number of carbonyl (C=O) groups is 3. The van der Waals surface area contributed by atoms with Crippen LogP contribution < -0.4 is 0 Å². The fraction of sp³-hybridized carbons (Fsp3) is 0.645. The smallest absolute Gasteiger partial charge is 0.306 e. The summed E-state index contributed by atoms with van der Waals surface area (Å²) in [5.41, 5.74) is 0. The lowest BCUT2D eigenvalue weighted by Crippen LogP contribution is -2.30. The number of allylic oxidation sites excluding steroid dienone is 24. The Hall–Kier alpha value is -4.71. The Balaban J connectivity index is 4.46. The van der Waals surface area contributed by atoms with Crippen molar-refractivity contribution in [2.75, 3.05) is 13.2 Å². The van der Waals surface area contributed by atoms with Gasteiger partial charge in [-0.2, -0.15) is 0 Å². The second-order valence-corrected chi connectivity index (χ2v) is 22.0. The highest BCUT2D eigenvalue weighted by atomic mass is 16.6. The summed E-state index contributed by atoms with van der Waals surface area (Å²) in [4.78, 5) is 38.4. The van der Waals surface area contributed by atoms with Crippen molar-refractivity contribution in [1.29, 1.82) is 0 Å². The molecule has 82 heavy (non-hydrogen) atoms. The number of esters is 3. The van der Waals surface area contributed by atoms with Crippen LogP contribution in [0.3, 0.4) is 0 Å². The van der Waals surface area contributed by atoms with Gasteiger partial charge in [0.1, 0.15) is 13.2 Å². The van der Waals surface area contributed by atoms with Crippen LogP contribution in [-0.2, 0) is 28.6 Å². The summed E-state index contributed by atoms with van der Waals surface area (Å²) in [5.74, 6) is -0.934. The summed E-state index contributed by atoms with van der Waals surface area (Å²) in [6.45, 7) is 6.39. The molecule has 6 heteroatoms. The van der Waals surface area contributed by atoms with Crippen LogP contribution in [0, 0.1) is 0 Å². The predicted molar refractivity (Wildman–Crippen MR) is 357 cm³/mol. The van der Waals surface area contributed by atoms with E-state index in [-0.39, 0.29) is 31.1 Å². The maximum atomic E-state index is 12.9. The van der Waals surface area contributed by atoms with Crippen molar-refractivity contribution >= 4 is 17.9 Å². The van der Waals surface area contributed by atoms with Crippen LogP contribution in [-0.4, -0.2) is 37.2 Å². The molecule has 0 aliphatic rings. The largest absolute Gasteiger partial charge is 0.462 e. The molecule has 0 bridgehead atoms. The van der Waals surface area contributed by atoms with Gasteiger partial charge in [0.25, 0.3) is 0 Å². The van der Waals surface area contributed by atoms with Gasteiger partial charge in [-0.25, -0.2) is 0 Å². The molecule has 0 rings (SSSR count). The summed E-state index contributed by atoms with van der Waals surface area (Å²) in [7, 11) is 0. The summed E-state index contributed by atoms with van der Waals surface area (Å²) in [5, 5.41) is 0. The van der Waals surface area contributed by atoms with Gasteiger partial charge in [-0.15, -0.1) is 0 Å². The molecule has 0 saturated heterocycles. The van der Waals surface area contributed by atoms with E-state index in [1.54, 1.807) is 0 Å². The first kappa shape index (κ1) is 77.3. The van der Waals surface area contributed by atoms with Crippen LogP contribution >= 0.6 is 0 Å². The zero-order valence-electron chi connectivity index (χ0n) is 53.2. The Kier molecular flexibility index (Phi) is 64.8. The second kappa shape index (κ2) is 68.8. The minimum atomic E-state index is -0.806. The molecule has 6 nitrogen and oxygen atoms in total. The van der Waals surface area contributed by atoms with Gasteiger partial charge in [0.15, 0.2) is 6.10 Å².